The van der Waals surface area contributed by atoms with Crippen molar-refractivity contribution in [3.05, 3.63) is 28.2 Å². The monoisotopic (exact) mass is 358 g/mol. The summed E-state index contributed by atoms with van der Waals surface area (Å²) in [5.41, 5.74) is 1.67. The zero-order chi connectivity index (χ0) is 14.3. The lowest BCUT2D eigenvalue weighted by molar-refractivity contribution is 0.352. The number of imidazole rings is 1. The molecule has 1 atom stereocenters. The van der Waals surface area contributed by atoms with Crippen LogP contribution in [-0.4, -0.2) is 9.55 Å². The molecule has 2 aromatic rings. The van der Waals surface area contributed by atoms with Crippen LogP contribution in [0.5, 0.6) is 0 Å². The van der Waals surface area contributed by atoms with Crippen LogP contribution in [-0.2, 0) is 0 Å². The van der Waals surface area contributed by atoms with Gasteiger partial charge in [-0.15, -0.1) is 11.6 Å². The number of fused-ring (bicyclic) bond motifs is 1. The Hall–Kier alpha value is -0.610. The second-order valence-corrected chi connectivity index (χ2v) is 7.01. The molecule has 20 heavy (non-hydrogen) atoms. The summed E-state index contributed by atoms with van der Waals surface area (Å²) in [5, 5.41) is -0.175. The predicted molar refractivity (Wildman–Crippen MR) is 83.8 cm³/mol. The first-order valence-corrected chi connectivity index (χ1v) is 8.32. The van der Waals surface area contributed by atoms with Gasteiger partial charge in [-0.1, -0.05) is 19.3 Å². The molecule has 0 N–H and O–H groups in total. The molecule has 1 heterocycles. The minimum atomic E-state index is -0.278. The lowest BCUT2D eigenvalue weighted by Gasteiger charge is -2.26. The first kappa shape index (κ1) is 14.3. The Morgan fingerprint density at radius 3 is 2.70 bits per heavy atom. The van der Waals surface area contributed by atoms with Crippen molar-refractivity contribution in [3.63, 3.8) is 0 Å². The largest absolute Gasteiger partial charge is 0.324 e. The van der Waals surface area contributed by atoms with E-state index in [1.54, 1.807) is 0 Å². The fourth-order valence-corrected chi connectivity index (χ4v) is 3.60. The quantitative estimate of drug-likeness (QED) is 0.625. The van der Waals surface area contributed by atoms with Crippen LogP contribution < -0.4 is 0 Å². The average Bonchev–Trinajstić information content (AvgIpc) is 2.79. The van der Waals surface area contributed by atoms with E-state index in [1.807, 2.05) is 13.0 Å². The predicted octanol–water partition coefficient (Wildman–Crippen LogP) is 5.74. The third kappa shape index (κ3) is 2.48. The Bertz CT molecular complexity index is 632. The molecule has 108 valence electrons. The molecule has 1 aromatic heterocycles. The third-order valence-corrected chi connectivity index (χ3v) is 4.86. The van der Waals surface area contributed by atoms with Gasteiger partial charge in [0.2, 0.25) is 0 Å². The van der Waals surface area contributed by atoms with Gasteiger partial charge in [-0.05, 0) is 41.8 Å². The second-order valence-electron chi connectivity index (χ2n) is 5.50. The summed E-state index contributed by atoms with van der Waals surface area (Å²) in [6.45, 7) is 1.92. The molecule has 0 aliphatic heterocycles. The first-order chi connectivity index (χ1) is 9.58. The van der Waals surface area contributed by atoms with Gasteiger partial charge in [0.25, 0.3) is 0 Å². The molecule has 0 spiro atoms. The number of rotatable bonds is 2. The first-order valence-electron chi connectivity index (χ1n) is 7.09. The molecule has 1 aliphatic carbocycles. The highest BCUT2D eigenvalue weighted by molar-refractivity contribution is 9.10. The summed E-state index contributed by atoms with van der Waals surface area (Å²) in [7, 11) is 0. The van der Waals surface area contributed by atoms with E-state index in [-0.39, 0.29) is 11.2 Å². The van der Waals surface area contributed by atoms with Crippen molar-refractivity contribution in [3.8, 4) is 0 Å². The van der Waals surface area contributed by atoms with Crippen molar-refractivity contribution in [2.45, 2.75) is 50.4 Å². The van der Waals surface area contributed by atoms with E-state index in [1.165, 1.54) is 25.3 Å². The van der Waals surface area contributed by atoms with E-state index >= 15 is 0 Å². The number of hydrogen-bond donors (Lipinski definition) is 0. The molecule has 0 bridgehead atoms. The highest BCUT2D eigenvalue weighted by Crippen LogP contribution is 2.36. The lowest BCUT2D eigenvalue weighted by atomic mass is 9.95. The van der Waals surface area contributed by atoms with Gasteiger partial charge in [-0.2, -0.15) is 0 Å². The fraction of sp³-hybridized carbons (Fsp3) is 0.533. The summed E-state index contributed by atoms with van der Waals surface area (Å²) in [5.74, 6) is 0.575. The van der Waals surface area contributed by atoms with Crippen LogP contribution in [0.2, 0.25) is 0 Å². The zero-order valence-electron chi connectivity index (χ0n) is 11.4. The third-order valence-electron chi connectivity index (χ3n) is 4.05. The van der Waals surface area contributed by atoms with Gasteiger partial charge in [-0.25, -0.2) is 9.37 Å². The average molecular weight is 360 g/mol. The van der Waals surface area contributed by atoms with Crippen molar-refractivity contribution in [1.82, 2.24) is 9.55 Å². The molecular weight excluding hydrogens is 343 g/mol. The minimum Gasteiger partial charge on any atom is -0.324 e. The van der Waals surface area contributed by atoms with Crippen molar-refractivity contribution in [1.29, 1.82) is 0 Å². The molecule has 1 unspecified atom stereocenters. The number of aromatic nitrogens is 2. The molecule has 5 heteroatoms. The summed E-state index contributed by atoms with van der Waals surface area (Å²) < 4.78 is 16.4. The van der Waals surface area contributed by atoms with Crippen LogP contribution in [0.1, 0.15) is 56.3 Å². The second kappa shape index (κ2) is 5.64. The maximum Gasteiger partial charge on any atom is 0.139 e. The van der Waals surface area contributed by atoms with E-state index in [0.29, 0.717) is 16.0 Å². The maximum atomic E-state index is 13.7. The van der Waals surface area contributed by atoms with Gasteiger partial charge in [0.05, 0.1) is 20.9 Å². The van der Waals surface area contributed by atoms with Gasteiger partial charge in [0.15, 0.2) is 0 Å². The van der Waals surface area contributed by atoms with Crippen LogP contribution in [0.4, 0.5) is 4.39 Å². The molecule has 1 saturated carbocycles. The Labute approximate surface area is 131 Å². The van der Waals surface area contributed by atoms with E-state index in [2.05, 4.69) is 25.5 Å². The maximum absolute atomic E-state index is 13.7. The van der Waals surface area contributed by atoms with Crippen LogP contribution in [0.25, 0.3) is 11.0 Å². The Kier molecular flexibility index (Phi) is 4.04. The van der Waals surface area contributed by atoms with Crippen molar-refractivity contribution < 1.29 is 4.39 Å². The van der Waals surface area contributed by atoms with Gasteiger partial charge >= 0.3 is 0 Å². The number of halogens is 3. The van der Waals surface area contributed by atoms with E-state index < -0.39 is 0 Å². The highest BCUT2D eigenvalue weighted by atomic mass is 79.9. The molecule has 0 radical (unpaired) electrons. The molecule has 1 fully saturated rings. The normalized spacial score (nSPS) is 18.6. The standard InChI is InChI=1S/C15H17BrClFN2/c1-9(17)15-19-13-8-12(18)11(16)7-14(13)20(15)10-5-3-2-4-6-10/h7-10H,2-6H2,1H3. The summed E-state index contributed by atoms with van der Waals surface area (Å²) in [6.07, 6.45) is 6.08. The smallest absolute Gasteiger partial charge is 0.139 e. The SMILES string of the molecule is CC(Cl)c1nc2cc(F)c(Br)cc2n1C1CCCCC1. The summed E-state index contributed by atoms with van der Waals surface area (Å²) >= 11 is 9.56. The minimum absolute atomic E-state index is 0.175. The highest BCUT2D eigenvalue weighted by Gasteiger charge is 2.24. The van der Waals surface area contributed by atoms with E-state index in [9.17, 15) is 4.39 Å². The Morgan fingerprint density at radius 1 is 1.35 bits per heavy atom. The molecule has 2 nitrogen and oxygen atoms in total. The van der Waals surface area contributed by atoms with Crippen molar-refractivity contribution in [2.24, 2.45) is 0 Å². The van der Waals surface area contributed by atoms with E-state index in [4.69, 9.17) is 11.6 Å². The Morgan fingerprint density at radius 2 is 2.05 bits per heavy atom. The molecular formula is C15H17BrClFN2. The molecule has 1 aromatic carbocycles. The van der Waals surface area contributed by atoms with Crippen LogP contribution in [0.3, 0.4) is 0 Å². The summed E-state index contributed by atoms with van der Waals surface area (Å²) in [4.78, 5) is 4.56. The Balaban J connectivity index is 2.20. The van der Waals surface area contributed by atoms with Crippen LogP contribution in [0.15, 0.2) is 16.6 Å². The van der Waals surface area contributed by atoms with E-state index in [0.717, 1.165) is 24.2 Å². The topological polar surface area (TPSA) is 17.8 Å². The molecule has 1 aliphatic rings. The number of benzene rings is 1. The molecule has 0 saturated heterocycles. The lowest BCUT2D eigenvalue weighted by Crippen LogP contribution is -2.15. The number of alkyl halides is 1. The van der Waals surface area contributed by atoms with Crippen molar-refractivity contribution >= 4 is 38.6 Å². The van der Waals surface area contributed by atoms with Crippen LogP contribution in [0, 0.1) is 5.82 Å². The number of nitrogens with zero attached hydrogens (tertiary/aromatic N) is 2. The van der Waals surface area contributed by atoms with Crippen LogP contribution >= 0.6 is 27.5 Å². The van der Waals surface area contributed by atoms with Gasteiger partial charge in [0, 0.05) is 12.1 Å². The van der Waals surface area contributed by atoms with Gasteiger partial charge in [-0.3, -0.25) is 0 Å². The van der Waals surface area contributed by atoms with Crippen molar-refractivity contribution in [2.75, 3.05) is 0 Å². The fourth-order valence-electron chi connectivity index (χ4n) is 3.11. The molecule has 3 rings (SSSR count). The molecule has 0 amide bonds. The van der Waals surface area contributed by atoms with Gasteiger partial charge < -0.3 is 4.57 Å². The number of hydrogen-bond acceptors (Lipinski definition) is 1. The van der Waals surface area contributed by atoms with Gasteiger partial charge in [0.1, 0.15) is 11.6 Å². The summed E-state index contributed by atoms with van der Waals surface area (Å²) in [6, 6.07) is 3.75. The zero-order valence-corrected chi connectivity index (χ0v) is 13.7.